The second-order valence-corrected chi connectivity index (χ2v) is 5.38. The smallest absolute Gasteiger partial charge is 0.0610 e. The highest BCUT2D eigenvalue weighted by Crippen LogP contribution is 2.19. The topological polar surface area (TPSA) is 41.5 Å². The third-order valence-electron chi connectivity index (χ3n) is 3.39. The predicted octanol–water partition coefficient (Wildman–Crippen LogP) is 2.08. The Hall–Kier alpha value is -0.120. The third kappa shape index (κ3) is 4.40. The highest BCUT2D eigenvalue weighted by Gasteiger charge is 2.26. The number of nitrogens with one attached hydrogen (secondary N) is 1. The molecule has 96 valence electrons. The molecular formula is C13H27NO2. The molecular weight excluding hydrogens is 202 g/mol. The molecule has 1 rings (SSSR count). The number of hydrogen-bond donors (Lipinski definition) is 2. The zero-order valence-electron chi connectivity index (χ0n) is 11.0. The van der Waals surface area contributed by atoms with Gasteiger partial charge in [0.1, 0.15) is 0 Å². The lowest BCUT2D eigenvalue weighted by molar-refractivity contribution is 0.0850. The second kappa shape index (κ2) is 6.58. The Bertz CT molecular complexity index is 192. The van der Waals surface area contributed by atoms with Crippen molar-refractivity contribution in [2.45, 2.75) is 70.6 Å². The van der Waals surface area contributed by atoms with E-state index >= 15 is 0 Å². The van der Waals surface area contributed by atoms with Crippen molar-refractivity contribution in [2.75, 3.05) is 13.2 Å². The molecule has 1 saturated heterocycles. The number of ether oxygens (including phenoxy) is 1. The summed E-state index contributed by atoms with van der Waals surface area (Å²) in [5.41, 5.74) is -0.132. The Kier molecular flexibility index (Phi) is 5.73. The van der Waals surface area contributed by atoms with E-state index in [9.17, 15) is 5.11 Å². The highest BCUT2D eigenvalue weighted by molar-refractivity contribution is 4.85. The van der Waals surface area contributed by atoms with Crippen molar-refractivity contribution in [2.24, 2.45) is 0 Å². The molecule has 0 aliphatic carbocycles. The van der Waals surface area contributed by atoms with Crippen molar-refractivity contribution < 1.29 is 9.84 Å². The number of rotatable bonds is 7. The Morgan fingerprint density at radius 3 is 2.81 bits per heavy atom. The minimum atomic E-state index is -0.132. The van der Waals surface area contributed by atoms with Crippen LogP contribution >= 0.6 is 0 Å². The summed E-state index contributed by atoms with van der Waals surface area (Å²) in [5, 5.41) is 13.0. The van der Waals surface area contributed by atoms with Crippen molar-refractivity contribution in [3.05, 3.63) is 0 Å². The van der Waals surface area contributed by atoms with Crippen LogP contribution in [0.15, 0.2) is 0 Å². The summed E-state index contributed by atoms with van der Waals surface area (Å²) in [5.74, 6) is 0. The first-order chi connectivity index (χ1) is 7.59. The maximum Gasteiger partial charge on any atom is 0.0610 e. The molecule has 0 aromatic carbocycles. The van der Waals surface area contributed by atoms with Gasteiger partial charge in [-0.3, -0.25) is 0 Å². The molecule has 0 amide bonds. The average Bonchev–Trinajstić information content (AvgIpc) is 2.70. The predicted molar refractivity (Wildman–Crippen MR) is 66.6 cm³/mol. The molecule has 0 saturated carbocycles. The normalized spacial score (nSPS) is 26.6. The van der Waals surface area contributed by atoms with Gasteiger partial charge in [0.25, 0.3) is 0 Å². The van der Waals surface area contributed by atoms with Gasteiger partial charge in [-0.25, -0.2) is 0 Å². The first-order valence-corrected chi connectivity index (χ1v) is 6.60. The van der Waals surface area contributed by atoms with E-state index < -0.39 is 0 Å². The molecule has 0 aromatic heterocycles. The van der Waals surface area contributed by atoms with Gasteiger partial charge in [0.2, 0.25) is 0 Å². The summed E-state index contributed by atoms with van der Waals surface area (Å²) in [6.45, 7) is 7.56. The van der Waals surface area contributed by atoms with Crippen LogP contribution in [0.3, 0.4) is 0 Å². The van der Waals surface area contributed by atoms with E-state index in [0.717, 1.165) is 25.9 Å². The Morgan fingerprint density at radius 1 is 1.56 bits per heavy atom. The molecule has 1 heterocycles. The quantitative estimate of drug-likeness (QED) is 0.702. The molecule has 1 aliphatic heterocycles. The monoisotopic (exact) mass is 229 g/mol. The minimum absolute atomic E-state index is 0.132. The molecule has 1 aliphatic rings. The van der Waals surface area contributed by atoms with Crippen LogP contribution in [0, 0.1) is 0 Å². The molecule has 1 fully saturated rings. The van der Waals surface area contributed by atoms with Crippen LogP contribution in [0.5, 0.6) is 0 Å². The summed E-state index contributed by atoms with van der Waals surface area (Å²) < 4.78 is 5.63. The van der Waals surface area contributed by atoms with Crippen LogP contribution in [-0.2, 0) is 4.74 Å². The molecule has 2 N–H and O–H groups in total. The summed E-state index contributed by atoms with van der Waals surface area (Å²) in [7, 11) is 0. The van der Waals surface area contributed by atoms with Crippen LogP contribution in [-0.4, -0.2) is 36.0 Å². The van der Waals surface area contributed by atoms with Gasteiger partial charge >= 0.3 is 0 Å². The van der Waals surface area contributed by atoms with E-state index in [1.54, 1.807) is 0 Å². The summed E-state index contributed by atoms with van der Waals surface area (Å²) in [4.78, 5) is 0. The van der Waals surface area contributed by atoms with Gasteiger partial charge in [-0.2, -0.15) is 0 Å². The van der Waals surface area contributed by atoms with E-state index in [2.05, 4.69) is 26.1 Å². The Balaban J connectivity index is 2.32. The molecule has 3 unspecified atom stereocenters. The fourth-order valence-corrected chi connectivity index (χ4v) is 2.63. The number of hydrogen-bond acceptors (Lipinski definition) is 3. The van der Waals surface area contributed by atoms with Gasteiger partial charge in [-0.05, 0) is 39.5 Å². The maximum atomic E-state index is 9.43. The SMILES string of the molecule is CCCC(C)(CO)NC(C)CC1CCCO1. The molecule has 0 aromatic rings. The van der Waals surface area contributed by atoms with E-state index in [4.69, 9.17) is 4.74 Å². The summed E-state index contributed by atoms with van der Waals surface area (Å²) >= 11 is 0. The lowest BCUT2D eigenvalue weighted by Crippen LogP contribution is -2.50. The van der Waals surface area contributed by atoms with Gasteiger partial charge < -0.3 is 15.2 Å². The molecule has 0 radical (unpaired) electrons. The van der Waals surface area contributed by atoms with Crippen molar-refractivity contribution in [1.29, 1.82) is 0 Å². The third-order valence-corrected chi connectivity index (χ3v) is 3.39. The lowest BCUT2D eigenvalue weighted by atomic mass is 9.95. The zero-order chi connectivity index (χ0) is 12.0. The minimum Gasteiger partial charge on any atom is -0.394 e. The molecule has 0 bridgehead atoms. The molecule has 16 heavy (non-hydrogen) atoms. The van der Waals surface area contributed by atoms with E-state index in [1.807, 2.05) is 0 Å². The van der Waals surface area contributed by atoms with Gasteiger partial charge in [-0.1, -0.05) is 13.3 Å². The summed E-state index contributed by atoms with van der Waals surface area (Å²) in [6.07, 6.45) is 5.97. The fourth-order valence-electron chi connectivity index (χ4n) is 2.63. The van der Waals surface area contributed by atoms with Crippen molar-refractivity contribution in [3.8, 4) is 0 Å². The van der Waals surface area contributed by atoms with Crippen LogP contribution < -0.4 is 5.32 Å². The molecule has 0 spiro atoms. The zero-order valence-corrected chi connectivity index (χ0v) is 11.0. The van der Waals surface area contributed by atoms with Crippen LogP contribution in [0.2, 0.25) is 0 Å². The molecule has 3 heteroatoms. The van der Waals surface area contributed by atoms with Gasteiger partial charge in [0.05, 0.1) is 12.7 Å². The van der Waals surface area contributed by atoms with E-state index in [0.29, 0.717) is 12.1 Å². The fraction of sp³-hybridized carbons (Fsp3) is 1.00. The van der Waals surface area contributed by atoms with Crippen LogP contribution in [0.4, 0.5) is 0 Å². The van der Waals surface area contributed by atoms with Crippen LogP contribution in [0.1, 0.15) is 52.9 Å². The maximum absolute atomic E-state index is 9.43. The first kappa shape index (κ1) is 13.9. The Morgan fingerprint density at radius 2 is 2.31 bits per heavy atom. The van der Waals surface area contributed by atoms with Crippen molar-refractivity contribution >= 4 is 0 Å². The standard InChI is InChI=1S/C13H27NO2/c1-4-7-13(3,10-15)14-11(2)9-12-6-5-8-16-12/h11-12,14-15H,4-10H2,1-3H3. The van der Waals surface area contributed by atoms with E-state index in [-0.39, 0.29) is 12.1 Å². The van der Waals surface area contributed by atoms with Gasteiger partial charge in [-0.15, -0.1) is 0 Å². The van der Waals surface area contributed by atoms with E-state index in [1.165, 1.54) is 12.8 Å². The highest BCUT2D eigenvalue weighted by atomic mass is 16.5. The lowest BCUT2D eigenvalue weighted by Gasteiger charge is -2.33. The van der Waals surface area contributed by atoms with Crippen molar-refractivity contribution in [1.82, 2.24) is 5.32 Å². The largest absolute Gasteiger partial charge is 0.394 e. The Labute approximate surface area is 99.6 Å². The summed E-state index contributed by atoms with van der Waals surface area (Å²) in [6, 6.07) is 0.409. The van der Waals surface area contributed by atoms with Gasteiger partial charge in [0.15, 0.2) is 0 Å². The van der Waals surface area contributed by atoms with Crippen molar-refractivity contribution in [3.63, 3.8) is 0 Å². The molecule has 3 atom stereocenters. The number of aliphatic hydroxyl groups excluding tert-OH is 1. The first-order valence-electron chi connectivity index (χ1n) is 6.60. The van der Waals surface area contributed by atoms with Crippen LogP contribution in [0.25, 0.3) is 0 Å². The van der Waals surface area contributed by atoms with Gasteiger partial charge in [0, 0.05) is 18.2 Å². The number of aliphatic hydroxyl groups is 1. The second-order valence-electron chi connectivity index (χ2n) is 5.38. The average molecular weight is 229 g/mol. The molecule has 3 nitrogen and oxygen atoms in total.